The van der Waals surface area contributed by atoms with E-state index in [0.717, 1.165) is 6.42 Å². The summed E-state index contributed by atoms with van der Waals surface area (Å²) in [5.74, 6) is 0.532. The van der Waals surface area contributed by atoms with Crippen LogP contribution in [0.2, 0.25) is 0 Å². The Hall–Kier alpha value is -0.990. The molecule has 14 heavy (non-hydrogen) atoms. The number of carbonyl (C=O) groups is 1. The quantitative estimate of drug-likeness (QED) is 0.600. The number of amides is 1. The van der Waals surface area contributed by atoms with Gasteiger partial charge < -0.3 is 4.74 Å². The van der Waals surface area contributed by atoms with Crippen LogP contribution in [-0.2, 0) is 4.74 Å². The van der Waals surface area contributed by atoms with Gasteiger partial charge in [0.1, 0.15) is 0 Å². The Balaban J connectivity index is 2.12. The first-order valence-corrected chi connectivity index (χ1v) is 5.37. The van der Waals surface area contributed by atoms with Crippen molar-refractivity contribution in [3.8, 4) is 0 Å². The molecule has 1 aliphatic carbocycles. The van der Waals surface area contributed by atoms with E-state index in [4.69, 9.17) is 4.74 Å². The molecule has 1 fully saturated rings. The molecule has 78 valence electrons. The highest BCUT2D eigenvalue weighted by Gasteiger charge is 2.39. The van der Waals surface area contributed by atoms with Gasteiger partial charge in [0.05, 0.1) is 12.6 Å². The molecule has 3 atom stereocenters. The third-order valence-electron chi connectivity index (χ3n) is 3.27. The molecular formula is C11H17NO2. The first-order chi connectivity index (χ1) is 6.74. The number of rotatable bonds is 1. The number of carbonyl (C=O) groups excluding carboxylic acids is 1. The van der Waals surface area contributed by atoms with E-state index in [1.165, 1.54) is 6.42 Å². The van der Waals surface area contributed by atoms with Crippen molar-refractivity contribution >= 4 is 6.09 Å². The Bertz CT molecular complexity index is 262. The van der Waals surface area contributed by atoms with Crippen molar-refractivity contribution in [2.45, 2.75) is 38.8 Å². The van der Waals surface area contributed by atoms with E-state index in [9.17, 15) is 4.79 Å². The van der Waals surface area contributed by atoms with Crippen LogP contribution < -0.4 is 0 Å². The Morgan fingerprint density at radius 1 is 1.50 bits per heavy atom. The van der Waals surface area contributed by atoms with Gasteiger partial charge in [-0.3, -0.25) is 4.90 Å². The summed E-state index contributed by atoms with van der Waals surface area (Å²) in [6.45, 7) is 4.42. The topological polar surface area (TPSA) is 29.5 Å². The van der Waals surface area contributed by atoms with Gasteiger partial charge in [0, 0.05) is 6.04 Å². The van der Waals surface area contributed by atoms with E-state index < -0.39 is 0 Å². The molecule has 0 aromatic heterocycles. The lowest BCUT2D eigenvalue weighted by atomic mass is 9.81. The van der Waals surface area contributed by atoms with Crippen molar-refractivity contribution in [2.24, 2.45) is 5.92 Å². The van der Waals surface area contributed by atoms with Crippen molar-refractivity contribution in [3.63, 3.8) is 0 Å². The minimum absolute atomic E-state index is 0.154. The van der Waals surface area contributed by atoms with Crippen LogP contribution in [0.5, 0.6) is 0 Å². The second-order valence-electron chi connectivity index (χ2n) is 4.04. The van der Waals surface area contributed by atoms with Gasteiger partial charge in [0.15, 0.2) is 0 Å². The van der Waals surface area contributed by atoms with Crippen molar-refractivity contribution < 1.29 is 9.53 Å². The molecule has 3 rings (SSSR count). The van der Waals surface area contributed by atoms with E-state index in [2.05, 4.69) is 19.1 Å². The molecule has 1 amide bonds. The molecule has 0 aromatic rings. The smallest absolute Gasteiger partial charge is 0.410 e. The van der Waals surface area contributed by atoms with E-state index in [0.29, 0.717) is 18.6 Å². The van der Waals surface area contributed by atoms with Gasteiger partial charge in [-0.25, -0.2) is 4.79 Å². The van der Waals surface area contributed by atoms with Crippen molar-refractivity contribution in [1.29, 1.82) is 0 Å². The molecule has 3 heteroatoms. The van der Waals surface area contributed by atoms with Crippen molar-refractivity contribution in [2.75, 3.05) is 6.61 Å². The maximum Gasteiger partial charge on any atom is 0.410 e. The van der Waals surface area contributed by atoms with E-state index in [1.807, 2.05) is 11.8 Å². The van der Waals surface area contributed by atoms with Crippen LogP contribution in [-0.4, -0.2) is 29.7 Å². The molecule has 2 bridgehead atoms. The molecule has 0 spiro atoms. The molecule has 1 saturated heterocycles. The van der Waals surface area contributed by atoms with Gasteiger partial charge in [-0.15, -0.1) is 0 Å². The summed E-state index contributed by atoms with van der Waals surface area (Å²) in [4.78, 5) is 13.6. The highest BCUT2D eigenvalue weighted by molar-refractivity contribution is 5.69. The SMILES string of the molecule is CCOC(=O)N1C2C=CC(CC2)C1C. The largest absolute Gasteiger partial charge is 0.450 e. The number of piperidine rings is 1. The number of ether oxygens (including phenoxy) is 1. The zero-order valence-electron chi connectivity index (χ0n) is 8.77. The Labute approximate surface area is 84.7 Å². The molecule has 0 saturated carbocycles. The summed E-state index contributed by atoms with van der Waals surface area (Å²) in [7, 11) is 0. The minimum atomic E-state index is -0.154. The fourth-order valence-corrected chi connectivity index (χ4v) is 2.47. The molecule has 0 aromatic carbocycles. The monoisotopic (exact) mass is 195 g/mol. The average Bonchev–Trinajstić information content (AvgIpc) is 2.19. The average molecular weight is 195 g/mol. The Kier molecular flexibility index (Phi) is 2.48. The third-order valence-corrected chi connectivity index (χ3v) is 3.27. The highest BCUT2D eigenvalue weighted by Crippen LogP contribution is 2.34. The summed E-state index contributed by atoms with van der Waals surface area (Å²) >= 11 is 0. The molecule has 3 aliphatic rings. The second kappa shape index (κ2) is 3.64. The predicted octanol–water partition coefficient (Wildman–Crippen LogP) is 2.18. The Morgan fingerprint density at radius 3 is 2.79 bits per heavy atom. The molecule has 3 unspecified atom stereocenters. The van der Waals surface area contributed by atoms with Gasteiger partial charge in [-0.05, 0) is 32.6 Å². The van der Waals surface area contributed by atoms with Crippen LogP contribution in [0.15, 0.2) is 12.2 Å². The lowest BCUT2D eigenvalue weighted by Crippen LogP contribution is -2.54. The summed E-state index contributed by atoms with van der Waals surface area (Å²) in [5, 5.41) is 0. The number of nitrogens with zero attached hydrogens (tertiary/aromatic N) is 1. The minimum Gasteiger partial charge on any atom is -0.450 e. The highest BCUT2D eigenvalue weighted by atomic mass is 16.6. The lowest BCUT2D eigenvalue weighted by Gasteiger charge is -2.45. The fraction of sp³-hybridized carbons (Fsp3) is 0.727. The molecule has 0 N–H and O–H groups in total. The number of hydrogen-bond donors (Lipinski definition) is 0. The molecule has 3 nitrogen and oxygen atoms in total. The number of hydrogen-bond acceptors (Lipinski definition) is 2. The standard InChI is InChI=1S/C11H17NO2/c1-3-14-11(13)12-8(2)9-4-6-10(12)7-5-9/h4,6,8-10H,3,5,7H2,1-2H3. The summed E-state index contributed by atoms with van der Waals surface area (Å²) < 4.78 is 5.06. The van der Waals surface area contributed by atoms with Gasteiger partial charge in [-0.1, -0.05) is 12.2 Å². The normalized spacial score (nSPS) is 34.7. The van der Waals surface area contributed by atoms with Crippen molar-refractivity contribution in [3.05, 3.63) is 12.2 Å². The fourth-order valence-electron chi connectivity index (χ4n) is 2.47. The zero-order valence-corrected chi connectivity index (χ0v) is 8.77. The Morgan fingerprint density at radius 2 is 2.29 bits per heavy atom. The second-order valence-corrected chi connectivity index (χ2v) is 4.04. The molecule has 0 radical (unpaired) electrons. The van der Waals surface area contributed by atoms with E-state index >= 15 is 0 Å². The lowest BCUT2D eigenvalue weighted by molar-refractivity contribution is 0.0456. The molecule has 2 heterocycles. The maximum atomic E-state index is 11.7. The predicted molar refractivity (Wildman–Crippen MR) is 54.0 cm³/mol. The van der Waals surface area contributed by atoms with Crippen LogP contribution in [0.1, 0.15) is 26.7 Å². The third kappa shape index (κ3) is 1.41. The van der Waals surface area contributed by atoms with Gasteiger partial charge in [-0.2, -0.15) is 0 Å². The summed E-state index contributed by atoms with van der Waals surface area (Å²) in [6, 6.07) is 0.576. The molecule has 2 aliphatic heterocycles. The van der Waals surface area contributed by atoms with Crippen LogP contribution in [0.4, 0.5) is 4.79 Å². The molecular weight excluding hydrogens is 178 g/mol. The summed E-state index contributed by atoms with van der Waals surface area (Å²) in [6.07, 6.45) is 6.53. The summed E-state index contributed by atoms with van der Waals surface area (Å²) in [5.41, 5.74) is 0. The van der Waals surface area contributed by atoms with E-state index in [1.54, 1.807) is 0 Å². The maximum absolute atomic E-state index is 11.7. The van der Waals surface area contributed by atoms with Gasteiger partial charge in [0.25, 0.3) is 0 Å². The van der Waals surface area contributed by atoms with Crippen LogP contribution >= 0.6 is 0 Å². The van der Waals surface area contributed by atoms with Crippen LogP contribution in [0.25, 0.3) is 0 Å². The van der Waals surface area contributed by atoms with Gasteiger partial charge in [0.2, 0.25) is 0 Å². The van der Waals surface area contributed by atoms with Crippen LogP contribution in [0, 0.1) is 5.92 Å². The van der Waals surface area contributed by atoms with Crippen molar-refractivity contribution in [1.82, 2.24) is 4.90 Å². The number of fused-ring (bicyclic) bond motifs is 2. The van der Waals surface area contributed by atoms with Gasteiger partial charge >= 0.3 is 6.09 Å². The van der Waals surface area contributed by atoms with E-state index in [-0.39, 0.29) is 12.1 Å². The van der Waals surface area contributed by atoms with Crippen LogP contribution in [0.3, 0.4) is 0 Å². The zero-order chi connectivity index (χ0) is 10.1. The first kappa shape index (κ1) is 9.56. The first-order valence-electron chi connectivity index (χ1n) is 5.37.